The van der Waals surface area contributed by atoms with Crippen LogP contribution in [0.15, 0.2) is 0 Å². The fourth-order valence-electron chi connectivity index (χ4n) is 0.859. The van der Waals surface area contributed by atoms with Crippen molar-refractivity contribution in [3.8, 4) is 0 Å². The fourth-order valence-corrected chi connectivity index (χ4v) is 0.980. The molecule has 0 aromatic carbocycles. The first-order chi connectivity index (χ1) is 5.56. The number of amides is 1. The van der Waals surface area contributed by atoms with Crippen LogP contribution in [0.3, 0.4) is 0 Å². The number of carbonyl (C=O) groups is 1. The van der Waals surface area contributed by atoms with E-state index in [-0.39, 0.29) is 5.91 Å². The summed E-state index contributed by atoms with van der Waals surface area (Å²) in [5.74, 6) is 1.19. The van der Waals surface area contributed by atoms with E-state index in [4.69, 9.17) is 11.6 Å². The Morgan fingerprint density at radius 3 is 2.58 bits per heavy atom. The number of carbonyl (C=O) groups excluding carboxylic acids is 1. The second-order valence-corrected chi connectivity index (χ2v) is 4.44. The maximum absolute atomic E-state index is 11.4. The molecular weight excluding hydrogens is 174 g/mol. The summed E-state index contributed by atoms with van der Waals surface area (Å²) in [6.07, 6.45) is 2.53. The molecule has 1 rings (SSSR count). The molecule has 0 bridgehead atoms. The van der Waals surface area contributed by atoms with E-state index >= 15 is 0 Å². The average Bonchev–Trinajstić information content (AvgIpc) is 2.83. The molecule has 2 nitrogen and oxygen atoms in total. The highest BCUT2D eigenvalue weighted by Gasteiger charge is 2.28. The molecule has 1 saturated carbocycles. The van der Waals surface area contributed by atoms with Crippen LogP contribution in [0.4, 0.5) is 0 Å². The normalized spacial score (nSPS) is 17.6. The van der Waals surface area contributed by atoms with Gasteiger partial charge in [-0.05, 0) is 32.6 Å². The molecule has 0 aliphatic heterocycles. The van der Waals surface area contributed by atoms with Crippen LogP contribution < -0.4 is 5.32 Å². The summed E-state index contributed by atoms with van der Waals surface area (Å²) in [5, 5.41) is 2.91. The number of halogens is 1. The summed E-state index contributed by atoms with van der Waals surface area (Å²) < 4.78 is 0. The molecule has 0 aromatic rings. The molecule has 0 unspecified atom stereocenters. The first kappa shape index (κ1) is 9.85. The van der Waals surface area contributed by atoms with Crippen LogP contribution in [0.25, 0.3) is 0 Å². The highest BCUT2D eigenvalue weighted by Crippen LogP contribution is 2.28. The van der Waals surface area contributed by atoms with Crippen molar-refractivity contribution in [2.45, 2.75) is 26.7 Å². The van der Waals surface area contributed by atoms with E-state index in [0.29, 0.717) is 5.88 Å². The summed E-state index contributed by atoms with van der Waals surface area (Å²) in [6, 6.07) is 0. The largest absolute Gasteiger partial charge is 0.355 e. The highest BCUT2D eigenvalue weighted by atomic mass is 35.5. The molecule has 0 radical (unpaired) electrons. The Kier molecular flexibility index (Phi) is 2.99. The molecule has 1 aliphatic carbocycles. The van der Waals surface area contributed by atoms with E-state index < -0.39 is 5.41 Å². The van der Waals surface area contributed by atoms with Gasteiger partial charge in [0.1, 0.15) is 0 Å². The molecule has 3 heteroatoms. The summed E-state index contributed by atoms with van der Waals surface area (Å²) >= 11 is 5.66. The first-order valence-corrected chi connectivity index (χ1v) is 4.94. The lowest BCUT2D eigenvalue weighted by atomic mass is 9.95. The third-order valence-electron chi connectivity index (χ3n) is 2.20. The van der Waals surface area contributed by atoms with Crippen molar-refractivity contribution < 1.29 is 4.79 Å². The van der Waals surface area contributed by atoms with Gasteiger partial charge < -0.3 is 5.32 Å². The van der Waals surface area contributed by atoms with Gasteiger partial charge in [-0.3, -0.25) is 4.79 Å². The maximum atomic E-state index is 11.4. The van der Waals surface area contributed by atoms with Crippen molar-refractivity contribution >= 4 is 17.5 Å². The fraction of sp³-hybridized carbons (Fsp3) is 0.889. The van der Waals surface area contributed by atoms with Crippen molar-refractivity contribution in [3.05, 3.63) is 0 Å². The molecule has 12 heavy (non-hydrogen) atoms. The smallest absolute Gasteiger partial charge is 0.226 e. The van der Waals surface area contributed by atoms with Crippen molar-refractivity contribution in [3.63, 3.8) is 0 Å². The molecule has 1 aliphatic rings. The predicted octanol–water partition coefficient (Wildman–Crippen LogP) is 1.78. The standard InChI is InChI=1S/C9H16ClNO/c1-9(2,6-10)8(12)11-5-7-3-4-7/h7H,3-6H2,1-2H3,(H,11,12). The topological polar surface area (TPSA) is 29.1 Å². The third-order valence-corrected chi connectivity index (χ3v) is 2.87. The summed E-state index contributed by atoms with van der Waals surface area (Å²) in [7, 11) is 0. The molecule has 0 atom stereocenters. The minimum absolute atomic E-state index is 0.0735. The lowest BCUT2D eigenvalue weighted by Gasteiger charge is -2.20. The Bertz CT molecular complexity index is 175. The van der Waals surface area contributed by atoms with Crippen LogP contribution in [0.1, 0.15) is 26.7 Å². The number of nitrogens with one attached hydrogen (secondary N) is 1. The highest BCUT2D eigenvalue weighted by molar-refractivity contribution is 6.19. The SMILES string of the molecule is CC(C)(CCl)C(=O)NCC1CC1. The second kappa shape index (κ2) is 3.65. The molecule has 1 amide bonds. The molecular formula is C9H16ClNO. The molecule has 0 heterocycles. The number of hydrogen-bond acceptors (Lipinski definition) is 1. The summed E-state index contributed by atoms with van der Waals surface area (Å²) in [4.78, 5) is 11.4. The zero-order valence-corrected chi connectivity index (χ0v) is 8.45. The number of alkyl halides is 1. The van der Waals surface area contributed by atoms with Gasteiger partial charge >= 0.3 is 0 Å². The van der Waals surface area contributed by atoms with Crippen molar-refractivity contribution in [1.82, 2.24) is 5.32 Å². The van der Waals surface area contributed by atoms with Crippen molar-refractivity contribution in [2.24, 2.45) is 11.3 Å². The maximum Gasteiger partial charge on any atom is 0.226 e. The van der Waals surface area contributed by atoms with Crippen molar-refractivity contribution in [1.29, 1.82) is 0 Å². The second-order valence-electron chi connectivity index (χ2n) is 4.17. The minimum Gasteiger partial charge on any atom is -0.355 e. The van der Waals surface area contributed by atoms with Gasteiger partial charge in [0.2, 0.25) is 5.91 Å². The van der Waals surface area contributed by atoms with Crippen LogP contribution in [0.5, 0.6) is 0 Å². The van der Waals surface area contributed by atoms with Gasteiger partial charge in [-0.1, -0.05) is 0 Å². The third kappa shape index (κ3) is 2.67. The molecule has 1 fully saturated rings. The van der Waals surface area contributed by atoms with Gasteiger partial charge in [-0.25, -0.2) is 0 Å². The number of rotatable bonds is 4. The van der Waals surface area contributed by atoms with Crippen molar-refractivity contribution in [2.75, 3.05) is 12.4 Å². The zero-order chi connectivity index (χ0) is 9.19. The lowest BCUT2D eigenvalue weighted by Crippen LogP contribution is -2.39. The Morgan fingerprint density at radius 2 is 2.17 bits per heavy atom. The lowest BCUT2D eigenvalue weighted by molar-refractivity contribution is -0.128. The Hall–Kier alpha value is -0.240. The van der Waals surface area contributed by atoms with Gasteiger partial charge in [0, 0.05) is 12.4 Å². The van der Waals surface area contributed by atoms with Gasteiger partial charge in [-0.2, -0.15) is 0 Å². The predicted molar refractivity (Wildman–Crippen MR) is 50.2 cm³/mol. The van der Waals surface area contributed by atoms with E-state index in [0.717, 1.165) is 12.5 Å². The van der Waals surface area contributed by atoms with E-state index in [9.17, 15) is 4.79 Å². The van der Waals surface area contributed by atoms with Crippen LogP contribution in [-0.2, 0) is 4.79 Å². The van der Waals surface area contributed by atoms with Gasteiger partial charge in [0.25, 0.3) is 0 Å². The quantitative estimate of drug-likeness (QED) is 0.672. The summed E-state index contributed by atoms with van der Waals surface area (Å²) in [5.41, 5.74) is -0.420. The van der Waals surface area contributed by atoms with Crippen LogP contribution >= 0.6 is 11.6 Å². The monoisotopic (exact) mass is 189 g/mol. The molecule has 0 saturated heterocycles. The molecule has 70 valence electrons. The van der Waals surface area contributed by atoms with E-state index in [1.807, 2.05) is 13.8 Å². The van der Waals surface area contributed by atoms with E-state index in [1.165, 1.54) is 12.8 Å². The molecule has 0 aromatic heterocycles. The Labute approximate surface area is 78.7 Å². The Balaban J connectivity index is 2.25. The Morgan fingerprint density at radius 1 is 1.58 bits per heavy atom. The van der Waals surface area contributed by atoms with Gasteiger partial charge in [-0.15, -0.1) is 11.6 Å². The van der Waals surface area contributed by atoms with E-state index in [1.54, 1.807) is 0 Å². The first-order valence-electron chi connectivity index (χ1n) is 4.40. The minimum atomic E-state index is -0.420. The number of hydrogen-bond donors (Lipinski definition) is 1. The van der Waals surface area contributed by atoms with Crippen LogP contribution in [0, 0.1) is 11.3 Å². The van der Waals surface area contributed by atoms with E-state index in [2.05, 4.69) is 5.32 Å². The average molecular weight is 190 g/mol. The summed E-state index contributed by atoms with van der Waals surface area (Å²) in [6.45, 7) is 4.56. The zero-order valence-electron chi connectivity index (χ0n) is 7.69. The molecule has 0 spiro atoms. The molecule has 1 N–H and O–H groups in total. The van der Waals surface area contributed by atoms with Crippen LogP contribution in [0.2, 0.25) is 0 Å². The van der Waals surface area contributed by atoms with Gasteiger partial charge in [0.15, 0.2) is 0 Å². The van der Waals surface area contributed by atoms with Gasteiger partial charge in [0.05, 0.1) is 5.41 Å². The van der Waals surface area contributed by atoms with Crippen LogP contribution in [-0.4, -0.2) is 18.3 Å².